The lowest BCUT2D eigenvalue weighted by Crippen LogP contribution is -2.14. The molecule has 1 atom stereocenters. The standard InChI is InChI=1S/C17H21N3OS2.ClH/c1-12-11-22-17(19-12)23-15-5-3-14(4-6-15)20-16(21)7-2-13-8-9-18-10-13;/h3-6,11,13,18H,2,7-10H2,1H3,(H,20,21);1H. The summed E-state index contributed by atoms with van der Waals surface area (Å²) in [4.78, 5) is 17.6. The third kappa shape index (κ3) is 5.77. The van der Waals surface area contributed by atoms with E-state index in [9.17, 15) is 4.79 Å². The van der Waals surface area contributed by atoms with Crippen LogP contribution in [0.1, 0.15) is 25.0 Å². The van der Waals surface area contributed by atoms with E-state index in [1.165, 1.54) is 6.42 Å². The van der Waals surface area contributed by atoms with E-state index < -0.39 is 0 Å². The van der Waals surface area contributed by atoms with Gasteiger partial charge in [-0.1, -0.05) is 11.8 Å². The topological polar surface area (TPSA) is 54.0 Å². The highest BCUT2D eigenvalue weighted by Crippen LogP contribution is 2.30. The van der Waals surface area contributed by atoms with Crippen molar-refractivity contribution in [3.63, 3.8) is 0 Å². The maximum atomic E-state index is 12.0. The fraction of sp³-hybridized carbons (Fsp3) is 0.412. The van der Waals surface area contributed by atoms with Crippen molar-refractivity contribution in [2.45, 2.75) is 35.4 Å². The SMILES string of the molecule is Cc1csc(Sc2ccc(NC(=O)CCC3CCNC3)cc2)n1.Cl. The summed E-state index contributed by atoms with van der Waals surface area (Å²) < 4.78 is 1.05. The molecule has 1 unspecified atom stereocenters. The van der Waals surface area contributed by atoms with Crippen LogP contribution in [0, 0.1) is 12.8 Å². The summed E-state index contributed by atoms with van der Waals surface area (Å²) in [6, 6.07) is 7.96. The third-order valence-electron chi connectivity index (χ3n) is 3.88. The lowest BCUT2D eigenvalue weighted by Gasteiger charge is -2.09. The average Bonchev–Trinajstić information content (AvgIpc) is 3.19. The van der Waals surface area contributed by atoms with E-state index >= 15 is 0 Å². The maximum Gasteiger partial charge on any atom is 0.224 e. The van der Waals surface area contributed by atoms with E-state index in [4.69, 9.17) is 0 Å². The molecule has 0 saturated carbocycles. The molecular formula is C17H22ClN3OS2. The van der Waals surface area contributed by atoms with Gasteiger partial charge in [-0.15, -0.1) is 23.7 Å². The van der Waals surface area contributed by atoms with Crippen LogP contribution in [-0.2, 0) is 4.79 Å². The van der Waals surface area contributed by atoms with Crippen molar-refractivity contribution in [2.24, 2.45) is 5.92 Å². The quantitative estimate of drug-likeness (QED) is 0.778. The first-order chi connectivity index (χ1) is 11.2. The van der Waals surface area contributed by atoms with Crippen LogP contribution < -0.4 is 10.6 Å². The van der Waals surface area contributed by atoms with Gasteiger partial charge in [-0.3, -0.25) is 4.79 Å². The van der Waals surface area contributed by atoms with Crippen LogP contribution in [0.15, 0.2) is 38.9 Å². The van der Waals surface area contributed by atoms with Gasteiger partial charge in [0.15, 0.2) is 4.34 Å². The molecule has 1 aliphatic heterocycles. The van der Waals surface area contributed by atoms with Gasteiger partial charge in [-0.25, -0.2) is 4.98 Å². The van der Waals surface area contributed by atoms with Gasteiger partial charge in [-0.2, -0.15) is 0 Å². The molecule has 1 fully saturated rings. The van der Waals surface area contributed by atoms with Crippen LogP contribution in [0.25, 0.3) is 0 Å². The number of hydrogen-bond donors (Lipinski definition) is 2. The Morgan fingerprint density at radius 2 is 2.21 bits per heavy atom. The Labute approximate surface area is 157 Å². The molecule has 0 spiro atoms. The molecule has 1 aromatic heterocycles. The summed E-state index contributed by atoms with van der Waals surface area (Å²) in [6.45, 7) is 4.14. The van der Waals surface area contributed by atoms with E-state index in [1.54, 1.807) is 23.1 Å². The Bertz CT molecular complexity index is 654. The minimum atomic E-state index is 0. The number of carbonyl (C=O) groups is 1. The predicted molar refractivity (Wildman–Crippen MR) is 104 cm³/mol. The normalized spacial score (nSPS) is 16.6. The molecule has 24 heavy (non-hydrogen) atoms. The second-order valence-corrected chi connectivity index (χ2v) is 8.01. The van der Waals surface area contributed by atoms with Crippen molar-refractivity contribution in [3.05, 3.63) is 35.3 Å². The largest absolute Gasteiger partial charge is 0.326 e. The molecule has 2 heterocycles. The second kappa shape index (κ2) is 9.42. The molecule has 130 valence electrons. The first-order valence-corrected chi connectivity index (χ1v) is 9.59. The number of rotatable bonds is 6. The number of aromatic nitrogens is 1. The Hall–Kier alpha value is -1.08. The molecule has 2 N–H and O–H groups in total. The van der Waals surface area contributed by atoms with Crippen molar-refractivity contribution in [3.8, 4) is 0 Å². The summed E-state index contributed by atoms with van der Waals surface area (Å²) in [6.07, 6.45) is 2.76. The zero-order valence-corrected chi connectivity index (χ0v) is 16.0. The summed E-state index contributed by atoms with van der Waals surface area (Å²) in [7, 11) is 0. The van der Waals surface area contributed by atoms with Gasteiger partial charge in [0.1, 0.15) is 0 Å². The summed E-state index contributed by atoms with van der Waals surface area (Å²) >= 11 is 3.31. The third-order valence-corrected chi connectivity index (χ3v) is 5.95. The number of anilines is 1. The number of hydrogen-bond acceptors (Lipinski definition) is 5. The van der Waals surface area contributed by atoms with Gasteiger partial charge in [0.05, 0.1) is 0 Å². The lowest BCUT2D eigenvalue weighted by molar-refractivity contribution is -0.116. The molecule has 3 rings (SSSR count). The van der Waals surface area contributed by atoms with Gasteiger partial charge in [0, 0.05) is 28.1 Å². The number of benzene rings is 1. The first-order valence-electron chi connectivity index (χ1n) is 7.89. The molecule has 0 bridgehead atoms. The molecule has 4 nitrogen and oxygen atoms in total. The van der Waals surface area contributed by atoms with E-state index in [1.807, 2.05) is 31.2 Å². The van der Waals surface area contributed by atoms with Crippen molar-refractivity contribution in [2.75, 3.05) is 18.4 Å². The second-order valence-electron chi connectivity index (χ2n) is 5.83. The van der Waals surface area contributed by atoms with Gasteiger partial charge < -0.3 is 10.6 Å². The molecule has 1 saturated heterocycles. The molecule has 7 heteroatoms. The molecule has 1 aromatic carbocycles. The van der Waals surface area contributed by atoms with Crippen molar-refractivity contribution in [1.29, 1.82) is 0 Å². The summed E-state index contributed by atoms with van der Waals surface area (Å²) in [5.41, 5.74) is 1.91. The number of carbonyl (C=O) groups excluding carboxylic acids is 1. The lowest BCUT2D eigenvalue weighted by atomic mass is 10.0. The van der Waals surface area contributed by atoms with Gasteiger partial charge >= 0.3 is 0 Å². The van der Waals surface area contributed by atoms with Gasteiger partial charge in [0.2, 0.25) is 5.91 Å². The molecular weight excluding hydrogens is 362 g/mol. The highest BCUT2D eigenvalue weighted by molar-refractivity contribution is 8.01. The summed E-state index contributed by atoms with van der Waals surface area (Å²) in [5, 5.41) is 8.37. The fourth-order valence-corrected chi connectivity index (χ4v) is 4.42. The molecule has 1 amide bonds. The van der Waals surface area contributed by atoms with E-state index in [2.05, 4.69) is 21.0 Å². The van der Waals surface area contributed by atoms with E-state index in [0.29, 0.717) is 12.3 Å². The smallest absolute Gasteiger partial charge is 0.224 e. The van der Waals surface area contributed by atoms with Gasteiger partial charge in [0.25, 0.3) is 0 Å². The number of aryl methyl sites for hydroxylation is 1. The summed E-state index contributed by atoms with van der Waals surface area (Å²) in [5.74, 6) is 0.758. The fourth-order valence-electron chi connectivity index (χ4n) is 2.61. The van der Waals surface area contributed by atoms with Crippen LogP contribution in [0.4, 0.5) is 5.69 Å². The Kier molecular flexibility index (Phi) is 7.55. The minimum absolute atomic E-state index is 0. The minimum Gasteiger partial charge on any atom is -0.326 e. The Morgan fingerprint density at radius 1 is 1.42 bits per heavy atom. The molecule has 0 aliphatic carbocycles. The van der Waals surface area contributed by atoms with Crippen LogP contribution in [-0.4, -0.2) is 24.0 Å². The van der Waals surface area contributed by atoms with Crippen LogP contribution in [0.2, 0.25) is 0 Å². The van der Waals surface area contributed by atoms with Crippen LogP contribution >= 0.6 is 35.5 Å². The molecule has 1 aliphatic rings. The Morgan fingerprint density at radius 3 is 2.83 bits per heavy atom. The van der Waals surface area contributed by atoms with Crippen LogP contribution in [0.3, 0.4) is 0 Å². The molecule has 0 radical (unpaired) electrons. The van der Waals surface area contributed by atoms with Crippen LogP contribution in [0.5, 0.6) is 0 Å². The average molecular weight is 384 g/mol. The number of nitrogens with one attached hydrogen (secondary N) is 2. The monoisotopic (exact) mass is 383 g/mol. The molecule has 2 aromatic rings. The highest BCUT2D eigenvalue weighted by Gasteiger charge is 2.15. The van der Waals surface area contributed by atoms with E-state index in [-0.39, 0.29) is 18.3 Å². The number of amides is 1. The number of thiazole rings is 1. The zero-order chi connectivity index (χ0) is 16.1. The van der Waals surface area contributed by atoms with E-state index in [0.717, 1.165) is 40.1 Å². The van der Waals surface area contributed by atoms with Gasteiger partial charge in [-0.05, 0) is 63.0 Å². The highest BCUT2D eigenvalue weighted by atomic mass is 35.5. The number of nitrogens with zero attached hydrogens (tertiary/aromatic N) is 1. The number of halogens is 1. The Balaban J connectivity index is 0.00000208. The predicted octanol–water partition coefficient (Wildman–Crippen LogP) is 4.35. The van der Waals surface area contributed by atoms with Crippen molar-refractivity contribution < 1.29 is 4.79 Å². The first kappa shape index (κ1) is 19.2. The zero-order valence-electron chi connectivity index (χ0n) is 13.6. The maximum absolute atomic E-state index is 12.0. The van der Waals surface area contributed by atoms with Crippen molar-refractivity contribution in [1.82, 2.24) is 10.3 Å². The van der Waals surface area contributed by atoms with Crippen molar-refractivity contribution >= 4 is 47.1 Å².